The molecule has 0 radical (unpaired) electrons. The van der Waals surface area contributed by atoms with Crippen LogP contribution in [0.25, 0.3) is 11.0 Å². The zero-order valence-electron chi connectivity index (χ0n) is 16.5. The van der Waals surface area contributed by atoms with Crippen molar-refractivity contribution in [3.8, 4) is 0 Å². The van der Waals surface area contributed by atoms with Gasteiger partial charge in [-0.3, -0.25) is 4.79 Å². The number of hydrogen-bond acceptors (Lipinski definition) is 2. The fourth-order valence-electron chi connectivity index (χ4n) is 4.19. The fraction of sp³-hybridized carbons (Fsp3) is 0.200. The standard InChI is InChI=1S/C25H23N3O/c1-18-11-13-21(14-12-18)27-17-20(15-24(27)29)25-26-22-9-5-6-10-23(22)28(25)16-19-7-3-2-4-8-19/h2-14,20H,15-17H2,1H3/t20-/m0/s1. The summed E-state index contributed by atoms with van der Waals surface area (Å²) >= 11 is 0. The summed E-state index contributed by atoms with van der Waals surface area (Å²) in [6.45, 7) is 3.48. The number of benzene rings is 3. The Labute approximate surface area is 170 Å². The first-order valence-electron chi connectivity index (χ1n) is 10.0. The highest BCUT2D eigenvalue weighted by atomic mass is 16.2. The van der Waals surface area contributed by atoms with Crippen LogP contribution in [0, 0.1) is 6.92 Å². The number of hydrogen-bond donors (Lipinski definition) is 0. The molecule has 5 rings (SSSR count). The summed E-state index contributed by atoms with van der Waals surface area (Å²) in [5.41, 5.74) is 5.50. The predicted molar refractivity (Wildman–Crippen MR) is 116 cm³/mol. The van der Waals surface area contributed by atoms with Crippen molar-refractivity contribution < 1.29 is 4.79 Å². The Morgan fingerprint density at radius 1 is 0.931 bits per heavy atom. The maximum absolute atomic E-state index is 12.8. The van der Waals surface area contributed by atoms with Crippen molar-refractivity contribution >= 4 is 22.6 Å². The number of fused-ring (bicyclic) bond motifs is 1. The Morgan fingerprint density at radius 2 is 1.66 bits per heavy atom. The average molecular weight is 381 g/mol. The number of anilines is 1. The average Bonchev–Trinajstić information content (AvgIpc) is 3.30. The SMILES string of the molecule is Cc1ccc(N2C[C@@H](c3nc4ccccc4n3Cc3ccccc3)CC2=O)cc1. The molecular formula is C25H23N3O. The molecule has 4 nitrogen and oxygen atoms in total. The van der Waals surface area contributed by atoms with Gasteiger partial charge in [0, 0.05) is 31.1 Å². The Balaban J connectivity index is 1.52. The molecule has 1 aliphatic heterocycles. The van der Waals surface area contributed by atoms with Crippen LogP contribution in [0.2, 0.25) is 0 Å². The summed E-state index contributed by atoms with van der Waals surface area (Å²) in [5, 5.41) is 0. The number of aromatic nitrogens is 2. The van der Waals surface area contributed by atoms with Crippen LogP contribution in [-0.2, 0) is 11.3 Å². The molecule has 29 heavy (non-hydrogen) atoms. The third-order valence-corrected chi connectivity index (χ3v) is 5.70. The Kier molecular flexibility index (Phi) is 4.39. The van der Waals surface area contributed by atoms with Gasteiger partial charge < -0.3 is 9.47 Å². The molecule has 4 aromatic rings. The van der Waals surface area contributed by atoms with Gasteiger partial charge in [0.2, 0.25) is 5.91 Å². The fourth-order valence-corrected chi connectivity index (χ4v) is 4.19. The van der Waals surface area contributed by atoms with Crippen LogP contribution in [0.1, 0.15) is 29.3 Å². The van der Waals surface area contributed by atoms with Crippen LogP contribution in [-0.4, -0.2) is 22.0 Å². The molecule has 0 N–H and O–H groups in total. The van der Waals surface area contributed by atoms with E-state index in [2.05, 4.69) is 60.0 Å². The molecule has 0 spiro atoms. The minimum Gasteiger partial charge on any atom is -0.323 e. The lowest BCUT2D eigenvalue weighted by Crippen LogP contribution is -2.24. The highest BCUT2D eigenvalue weighted by molar-refractivity contribution is 5.96. The van der Waals surface area contributed by atoms with Gasteiger partial charge >= 0.3 is 0 Å². The topological polar surface area (TPSA) is 38.1 Å². The van der Waals surface area contributed by atoms with E-state index in [0.29, 0.717) is 13.0 Å². The smallest absolute Gasteiger partial charge is 0.227 e. The van der Waals surface area contributed by atoms with Crippen molar-refractivity contribution in [2.75, 3.05) is 11.4 Å². The molecular weight excluding hydrogens is 358 g/mol. The van der Waals surface area contributed by atoms with Gasteiger partial charge in [0.15, 0.2) is 0 Å². The molecule has 0 aliphatic carbocycles. The van der Waals surface area contributed by atoms with E-state index >= 15 is 0 Å². The molecule has 1 amide bonds. The van der Waals surface area contributed by atoms with Crippen LogP contribution in [0.3, 0.4) is 0 Å². The normalized spacial score (nSPS) is 16.7. The molecule has 1 fully saturated rings. The number of amides is 1. The third kappa shape index (κ3) is 3.31. The Bertz CT molecular complexity index is 1160. The number of aryl methyl sites for hydroxylation is 1. The van der Waals surface area contributed by atoms with Crippen molar-refractivity contribution in [2.45, 2.75) is 25.8 Å². The first kappa shape index (κ1) is 17.7. The largest absolute Gasteiger partial charge is 0.323 e. The minimum atomic E-state index is 0.0833. The van der Waals surface area contributed by atoms with Gasteiger partial charge in [-0.25, -0.2) is 4.98 Å². The van der Waals surface area contributed by atoms with Gasteiger partial charge in [0.1, 0.15) is 5.82 Å². The van der Waals surface area contributed by atoms with Gasteiger partial charge in [-0.15, -0.1) is 0 Å². The van der Waals surface area contributed by atoms with Crippen LogP contribution in [0.15, 0.2) is 78.9 Å². The molecule has 1 saturated heterocycles. The lowest BCUT2D eigenvalue weighted by Gasteiger charge is -2.18. The monoisotopic (exact) mass is 381 g/mol. The highest BCUT2D eigenvalue weighted by Crippen LogP contribution is 2.33. The van der Waals surface area contributed by atoms with Gasteiger partial charge in [-0.1, -0.05) is 60.2 Å². The van der Waals surface area contributed by atoms with E-state index in [1.54, 1.807) is 0 Å². The maximum Gasteiger partial charge on any atom is 0.227 e. The third-order valence-electron chi connectivity index (χ3n) is 5.70. The van der Waals surface area contributed by atoms with E-state index in [1.807, 2.05) is 35.2 Å². The van der Waals surface area contributed by atoms with Gasteiger partial charge in [0.05, 0.1) is 11.0 Å². The summed E-state index contributed by atoms with van der Waals surface area (Å²) in [6, 6.07) is 26.8. The molecule has 1 aromatic heterocycles. The first-order valence-corrected chi connectivity index (χ1v) is 10.0. The number of carbonyl (C=O) groups excluding carboxylic acids is 1. The Morgan fingerprint density at radius 3 is 2.45 bits per heavy atom. The number of carbonyl (C=O) groups is 1. The lowest BCUT2D eigenvalue weighted by atomic mass is 10.1. The summed E-state index contributed by atoms with van der Waals surface area (Å²) in [6.07, 6.45) is 0.492. The molecule has 3 aromatic carbocycles. The van der Waals surface area contributed by atoms with E-state index in [4.69, 9.17) is 4.98 Å². The van der Waals surface area contributed by atoms with Crippen LogP contribution in [0.4, 0.5) is 5.69 Å². The lowest BCUT2D eigenvalue weighted by molar-refractivity contribution is -0.117. The zero-order chi connectivity index (χ0) is 19.8. The van der Waals surface area contributed by atoms with E-state index in [1.165, 1.54) is 11.1 Å². The van der Waals surface area contributed by atoms with Gasteiger partial charge in [-0.05, 0) is 36.8 Å². The van der Waals surface area contributed by atoms with E-state index in [0.717, 1.165) is 29.1 Å². The molecule has 0 unspecified atom stereocenters. The van der Waals surface area contributed by atoms with E-state index in [-0.39, 0.29) is 11.8 Å². The van der Waals surface area contributed by atoms with Crippen molar-refractivity contribution in [2.24, 2.45) is 0 Å². The second-order valence-corrected chi connectivity index (χ2v) is 7.77. The van der Waals surface area contributed by atoms with E-state index < -0.39 is 0 Å². The quantitative estimate of drug-likeness (QED) is 0.504. The number of imidazole rings is 1. The van der Waals surface area contributed by atoms with Crippen LogP contribution < -0.4 is 4.90 Å². The minimum absolute atomic E-state index is 0.0833. The number of nitrogens with zero attached hydrogens (tertiary/aromatic N) is 3. The highest BCUT2D eigenvalue weighted by Gasteiger charge is 2.34. The molecule has 144 valence electrons. The first-order chi connectivity index (χ1) is 14.2. The molecule has 0 saturated carbocycles. The van der Waals surface area contributed by atoms with Gasteiger partial charge in [-0.2, -0.15) is 0 Å². The number of rotatable bonds is 4. The van der Waals surface area contributed by atoms with E-state index in [9.17, 15) is 4.79 Å². The van der Waals surface area contributed by atoms with Crippen molar-refractivity contribution in [1.29, 1.82) is 0 Å². The molecule has 4 heteroatoms. The van der Waals surface area contributed by atoms with Crippen LogP contribution >= 0.6 is 0 Å². The predicted octanol–water partition coefficient (Wildman–Crippen LogP) is 4.91. The summed E-state index contributed by atoms with van der Waals surface area (Å²) in [7, 11) is 0. The summed E-state index contributed by atoms with van der Waals surface area (Å²) in [4.78, 5) is 19.7. The van der Waals surface area contributed by atoms with Crippen molar-refractivity contribution in [3.63, 3.8) is 0 Å². The molecule has 0 bridgehead atoms. The summed E-state index contributed by atoms with van der Waals surface area (Å²) < 4.78 is 2.28. The van der Waals surface area contributed by atoms with Crippen molar-refractivity contribution in [1.82, 2.24) is 9.55 Å². The molecule has 1 aliphatic rings. The molecule has 1 atom stereocenters. The second kappa shape index (κ2) is 7.21. The summed E-state index contributed by atoms with van der Waals surface area (Å²) in [5.74, 6) is 1.25. The number of para-hydroxylation sites is 2. The van der Waals surface area contributed by atoms with Gasteiger partial charge in [0.25, 0.3) is 0 Å². The zero-order valence-corrected chi connectivity index (χ0v) is 16.5. The maximum atomic E-state index is 12.8. The second-order valence-electron chi connectivity index (χ2n) is 7.77. The Hall–Kier alpha value is -3.40. The van der Waals surface area contributed by atoms with Crippen molar-refractivity contribution in [3.05, 3.63) is 95.8 Å². The molecule has 2 heterocycles. The van der Waals surface area contributed by atoms with Crippen LogP contribution in [0.5, 0.6) is 0 Å².